The average molecular weight is 452 g/mol. The first-order valence-corrected chi connectivity index (χ1v) is 10.5. The largest absolute Gasteiger partial charge is 0.507 e. The molecule has 1 N–H and O–H groups in total. The first-order valence-electron chi connectivity index (χ1n) is 10.1. The number of methoxy groups -OCH3 is 1. The van der Waals surface area contributed by atoms with Crippen LogP contribution in [0.3, 0.4) is 0 Å². The maximum Gasteiger partial charge on any atom is 0.295 e. The van der Waals surface area contributed by atoms with Gasteiger partial charge >= 0.3 is 0 Å². The summed E-state index contributed by atoms with van der Waals surface area (Å²) in [4.78, 5) is 31.6. The molecule has 1 aromatic heterocycles. The van der Waals surface area contributed by atoms with Gasteiger partial charge in [0.25, 0.3) is 11.7 Å². The van der Waals surface area contributed by atoms with Crippen LogP contribution < -0.4 is 4.74 Å². The van der Waals surface area contributed by atoms with Gasteiger partial charge < -0.3 is 19.3 Å². The summed E-state index contributed by atoms with van der Waals surface area (Å²) >= 11 is 6.21. The Labute approximate surface area is 190 Å². The van der Waals surface area contributed by atoms with Crippen LogP contribution in [-0.2, 0) is 16.1 Å². The standard InChI is InChI=1S/C24H22ClN3O4/c1-32-19-9-3-2-8-18(19)22(29)20-21(16-6-4-7-17(25)14-16)28(24(31)23(20)30)12-5-11-27-13-10-26-15-27/h2-4,6-10,13-15,21,29H,5,11-12H2,1H3/b22-20+. The number of aliphatic hydroxyl groups excluding tert-OH is 1. The molecule has 2 aromatic carbocycles. The summed E-state index contributed by atoms with van der Waals surface area (Å²) in [7, 11) is 1.48. The number of rotatable bonds is 7. The normalized spacial score (nSPS) is 17.7. The summed E-state index contributed by atoms with van der Waals surface area (Å²) in [5.41, 5.74) is 1.01. The zero-order chi connectivity index (χ0) is 22.7. The van der Waals surface area contributed by atoms with Gasteiger partial charge in [0.15, 0.2) is 0 Å². The lowest BCUT2D eigenvalue weighted by Gasteiger charge is -2.25. The van der Waals surface area contributed by atoms with E-state index >= 15 is 0 Å². The Balaban J connectivity index is 1.77. The Morgan fingerprint density at radius 1 is 1.16 bits per heavy atom. The van der Waals surface area contributed by atoms with Gasteiger partial charge in [0.1, 0.15) is 11.5 Å². The van der Waals surface area contributed by atoms with E-state index in [1.165, 1.54) is 12.0 Å². The number of imidazole rings is 1. The van der Waals surface area contributed by atoms with Crippen molar-refractivity contribution in [3.05, 3.63) is 89.0 Å². The predicted octanol–water partition coefficient (Wildman–Crippen LogP) is 4.06. The highest BCUT2D eigenvalue weighted by Crippen LogP contribution is 2.41. The van der Waals surface area contributed by atoms with Gasteiger partial charge in [0.2, 0.25) is 0 Å². The van der Waals surface area contributed by atoms with Crippen LogP contribution in [0.15, 0.2) is 72.8 Å². The molecule has 0 saturated carbocycles. The van der Waals surface area contributed by atoms with Gasteiger partial charge in [-0.2, -0.15) is 0 Å². The molecule has 4 rings (SSSR count). The highest BCUT2D eigenvalue weighted by Gasteiger charge is 2.46. The average Bonchev–Trinajstić information content (AvgIpc) is 3.41. The van der Waals surface area contributed by atoms with Crippen molar-refractivity contribution in [3.8, 4) is 5.75 Å². The number of ether oxygens (including phenoxy) is 1. The number of likely N-dealkylation sites (tertiary alicyclic amines) is 1. The van der Waals surface area contributed by atoms with Crippen LogP contribution in [0.4, 0.5) is 0 Å². The van der Waals surface area contributed by atoms with E-state index in [9.17, 15) is 14.7 Å². The van der Waals surface area contributed by atoms with Gasteiger partial charge in [-0.1, -0.05) is 35.9 Å². The summed E-state index contributed by atoms with van der Waals surface area (Å²) < 4.78 is 7.25. The molecule has 1 fully saturated rings. The molecular weight excluding hydrogens is 430 g/mol. The Morgan fingerprint density at radius 3 is 2.69 bits per heavy atom. The molecule has 0 bridgehead atoms. The van der Waals surface area contributed by atoms with E-state index < -0.39 is 17.7 Å². The monoisotopic (exact) mass is 451 g/mol. The number of carbonyl (C=O) groups is 2. The minimum Gasteiger partial charge on any atom is -0.507 e. The number of amides is 1. The van der Waals surface area contributed by atoms with E-state index in [-0.39, 0.29) is 11.3 Å². The zero-order valence-corrected chi connectivity index (χ0v) is 18.2. The molecular formula is C24H22ClN3O4. The van der Waals surface area contributed by atoms with Crippen LogP contribution in [0.1, 0.15) is 23.6 Å². The molecule has 3 aromatic rings. The number of halogens is 1. The number of hydrogen-bond acceptors (Lipinski definition) is 5. The van der Waals surface area contributed by atoms with Crippen molar-refractivity contribution in [1.29, 1.82) is 0 Å². The Bertz CT molecular complexity index is 1170. The number of aryl methyl sites for hydroxylation is 1. The lowest BCUT2D eigenvalue weighted by Crippen LogP contribution is -2.31. The predicted molar refractivity (Wildman–Crippen MR) is 120 cm³/mol. The van der Waals surface area contributed by atoms with Crippen molar-refractivity contribution >= 4 is 29.1 Å². The van der Waals surface area contributed by atoms with Crippen LogP contribution in [0.25, 0.3) is 5.76 Å². The fraction of sp³-hybridized carbons (Fsp3) is 0.208. The summed E-state index contributed by atoms with van der Waals surface area (Å²) in [5, 5.41) is 11.6. The molecule has 1 aliphatic heterocycles. The topological polar surface area (TPSA) is 84.7 Å². The van der Waals surface area contributed by atoms with Crippen LogP contribution >= 0.6 is 11.6 Å². The van der Waals surface area contributed by atoms with Gasteiger partial charge in [-0.15, -0.1) is 0 Å². The molecule has 0 aliphatic carbocycles. The van der Waals surface area contributed by atoms with Crippen molar-refractivity contribution in [1.82, 2.24) is 14.5 Å². The van der Waals surface area contributed by atoms with E-state index in [0.29, 0.717) is 41.4 Å². The second kappa shape index (κ2) is 9.28. The Kier molecular flexibility index (Phi) is 6.28. The maximum atomic E-state index is 13.1. The first-order chi connectivity index (χ1) is 15.5. The number of Topliss-reactive ketones (excluding diaryl/α,β-unsaturated/α-hetero) is 1. The zero-order valence-electron chi connectivity index (χ0n) is 17.4. The van der Waals surface area contributed by atoms with Gasteiger partial charge in [0, 0.05) is 30.5 Å². The molecule has 1 amide bonds. The van der Waals surface area contributed by atoms with Crippen LogP contribution in [0.2, 0.25) is 5.02 Å². The van der Waals surface area contributed by atoms with E-state index in [2.05, 4.69) is 4.98 Å². The minimum absolute atomic E-state index is 0.0180. The van der Waals surface area contributed by atoms with Gasteiger partial charge in [-0.25, -0.2) is 4.98 Å². The number of aromatic nitrogens is 2. The third-order valence-corrected chi connectivity index (χ3v) is 5.68. The van der Waals surface area contributed by atoms with Crippen LogP contribution in [-0.4, -0.2) is 44.9 Å². The number of nitrogens with zero attached hydrogens (tertiary/aromatic N) is 3. The van der Waals surface area contributed by atoms with Crippen molar-refractivity contribution in [2.45, 2.75) is 19.0 Å². The molecule has 0 radical (unpaired) electrons. The van der Waals surface area contributed by atoms with Gasteiger partial charge in [-0.05, 0) is 36.2 Å². The molecule has 1 atom stereocenters. The number of hydrogen-bond donors (Lipinski definition) is 1. The Morgan fingerprint density at radius 2 is 1.97 bits per heavy atom. The molecule has 1 unspecified atom stereocenters. The third kappa shape index (κ3) is 4.11. The molecule has 8 heteroatoms. The lowest BCUT2D eigenvalue weighted by molar-refractivity contribution is -0.139. The van der Waals surface area contributed by atoms with Crippen molar-refractivity contribution in [2.75, 3.05) is 13.7 Å². The highest BCUT2D eigenvalue weighted by atomic mass is 35.5. The molecule has 7 nitrogen and oxygen atoms in total. The highest BCUT2D eigenvalue weighted by molar-refractivity contribution is 6.46. The molecule has 2 heterocycles. The summed E-state index contributed by atoms with van der Waals surface area (Å²) in [5.74, 6) is -1.26. The molecule has 0 spiro atoms. The van der Waals surface area contributed by atoms with E-state index in [0.717, 1.165) is 0 Å². The van der Waals surface area contributed by atoms with Crippen LogP contribution in [0, 0.1) is 0 Å². The van der Waals surface area contributed by atoms with E-state index in [1.54, 1.807) is 61.1 Å². The number of para-hydroxylation sites is 1. The van der Waals surface area contributed by atoms with Crippen molar-refractivity contribution < 1.29 is 19.4 Å². The quantitative estimate of drug-likeness (QED) is 0.332. The molecule has 32 heavy (non-hydrogen) atoms. The number of benzene rings is 2. The maximum absolute atomic E-state index is 13.1. The van der Waals surface area contributed by atoms with E-state index in [4.69, 9.17) is 16.3 Å². The van der Waals surface area contributed by atoms with Crippen molar-refractivity contribution in [2.24, 2.45) is 0 Å². The number of ketones is 1. The molecule has 164 valence electrons. The fourth-order valence-corrected chi connectivity index (χ4v) is 4.16. The van der Waals surface area contributed by atoms with Crippen LogP contribution in [0.5, 0.6) is 5.75 Å². The molecule has 1 saturated heterocycles. The smallest absolute Gasteiger partial charge is 0.295 e. The summed E-state index contributed by atoms with van der Waals surface area (Å²) in [6.07, 6.45) is 5.83. The first kappa shape index (κ1) is 21.6. The minimum atomic E-state index is -0.763. The van der Waals surface area contributed by atoms with Crippen molar-refractivity contribution in [3.63, 3.8) is 0 Å². The van der Waals surface area contributed by atoms with E-state index in [1.807, 2.05) is 10.8 Å². The number of aliphatic hydroxyl groups is 1. The molecule has 1 aliphatic rings. The van der Waals surface area contributed by atoms with Gasteiger partial charge in [-0.3, -0.25) is 9.59 Å². The lowest BCUT2D eigenvalue weighted by atomic mass is 9.95. The fourth-order valence-electron chi connectivity index (χ4n) is 3.96. The van der Waals surface area contributed by atoms with Gasteiger partial charge in [0.05, 0.1) is 30.6 Å². The third-order valence-electron chi connectivity index (χ3n) is 5.44. The number of carbonyl (C=O) groups excluding carboxylic acids is 2. The Hall–Kier alpha value is -3.58. The summed E-state index contributed by atoms with van der Waals surface area (Å²) in [6.45, 7) is 0.959. The summed E-state index contributed by atoms with van der Waals surface area (Å²) in [6, 6.07) is 13.0. The second-order valence-electron chi connectivity index (χ2n) is 7.40. The SMILES string of the molecule is COc1ccccc1/C(O)=C1\C(=O)C(=O)N(CCCn2ccnc2)C1c1cccc(Cl)c1. The second-order valence-corrected chi connectivity index (χ2v) is 7.84.